The number of rotatable bonds is 7. The fourth-order valence-corrected chi connectivity index (χ4v) is 3.34. The molecule has 0 radical (unpaired) electrons. The van der Waals surface area contributed by atoms with Crippen LogP contribution in [0.3, 0.4) is 0 Å². The molecule has 0 fully saturated rings. The number of aromatic nitrogens is 2. The van der Waals surface area contributed by atoms with E-state index in [2.05, 4.69) is 10.4 Å². The summed E-state index contributed by atoms with van der Waals surface area (Å²) in [5.41, 5.74) is 1.71. The second-order valence-electron chi connectivity index (χ2n) is 7.78. The Morgan fingerprint density at radius 1 is 0.946 bits per heavy atom. The van der Waals surface area contributed by atoms with E-state index in [1.54, 1.807) is 23.0 Å². The molecule has 1 heterocycles. The van der Waals surface area contributed by atoms with Gasteiger partial charge in [0.05, 0.1) is 16.9 Å². The average Bonchev–Trinajstić information content (AvgIpc) is 3.31. The van der Waals surface area contributed by atoms with Crippen LogP contribution in [0.15, 0.2) is 91.1 Å². The SMILES string of the molecule is O=C(COC(=O)C=Cc1cn(-c2ccccc2)nc1-c1ccc(F)cc1)Nc1ccc(C(F)(F)F)cc1. The van der Waals surface area contributed by atoms with Crippen LogP contribution < -0.4 is 5.32 Å². The van der Waals surface area contributed by atoms with Gasteiger partial charge in [0.1, 0.15) is 5.82 Å². The lowest BCUT2D eigenvalue weighted by Crippen LogP contribution is -2.20. The molecule has 6 nitrogen and oxygen atoms in total. The Morgan fingerprint density at radius 2 is 1.62 bits per heavy atom. The highest BCUT2D eigenvalue weighted by molar-refractivity contribution is 5.95. The minimum absolute atomic E-state index is 0.127. The second kappa shape index (κ2) is 10.9. The maximum atomic E-state index is 13.4. The van der Waals surface area contributed by atoms with Crippen LogP contribution in [0.2, 0.25) is 0 Å². The van der Waals surface area contributed by atoms with E-state index in [1.807, 2.05) is 30.3 Å². The van der Waals surface area contributed by atoms with Crippen LogP contribution in [0.4, 0.5) is 23.2 Å². The molecular formula is C27H19F4N3O3. The van der Waals surface area contributed by atoms with E-state index in [9.17, 15) is 27.2 Å². The molecule has 0 aliphatic rings. The first-order chi connectivity index (χ1) is 17.7. The number of amides is 1. The molecule has 188 valence electrons. The number of hydrogen-bond acceptors (Lipinski definition) is 4. The van der Waals surface area contributed by atoms with E-state index in [1.165, 1.54) is 18.2 Å². The number of ether oxygens (including phenoxy) is 1. The highest BCUT2D eigenvalue weighted by Crippen LogP contribution is 2.30. The fourth-order valence-electron chi connectivity index (χ4n) is 3.34. The van der Waals surface area contributed by atoms with Crippen LogP contribution in [0.25, 0.3) is 23.0 Å². The Bertz CT molecular complexity index is 1410. The number of nitrogens with zero attached hydrogens (tertiary/aromatic N) is 2. The number of anilines is 1. The molecule has 0 aliphatic carbocycles. The summed E-state index contributed by atoms with van der Waals surface area (Å²) in [4.78, 5) is 24.2. The standard InChI is InChI=1S/C27H19F4N3O3/c28-21-11-6-18(7-12-21)26-19(16-34(33-26)23-4-2-1-3-5-23)8-15-25(36)37-17-24(35)32-22-13-9-20(10-14-22)27(29,30)31/h1-16H,17H2,(H,32,35). The van der Waals surface area contributed by atoms with Gasteiger partial charge < -0.3 is 10.1 Å². The van der Waals surface area contributed by atoms with Crippen molar-refractivity contribution in [2.24, 2.45) is 0 Å². The van der Waals surface area contributed by atoms with Crippen molar-refractivity contribution in [3.8, 4) is 16.9 Å². The van der Waals surface area contributed by atoms with Crippen molar-refractivity contribution in [1.82, 2.24) is 9.78 Å². The van der Waals surface area contributed by atoms with Crippen LogP contribution in [0.5, 0.6) is 0 Å². The van der Waals surface area contributed by atoms with Gasteiger partial charge in [0.25, 0.3) is 5.91 Å². The third-order valence-corrected chi connectivity index (χ3v) is 5.12. The Balaban J connectivity index is 1.42. The third-order valence-electron chi connectivity index (χ3n) is 5.12. The molecule has 10 heteroatoms. The van der Waals surface area contributed by atoms with Gasteiger partial charge in [-0.2, -0.15) is 18.3 Å². The molecule has 0 aliphatic heterocycles. The van der Waals surface area contributed by atoms with Crippen molar-refractivity contribution in [2.45, 2.75) is 6.18 Å². The minimum Gasteiger partial charge on any atom is -0.452 e. The van der Waals surface area contributed by atoms with E-state index >= 15 is 0 Å². The van der Waals surface area contributed by atoms with Crippen LogP contribution in [-0.4, -0.2) is 28.3 Å². The molecule has 4 rings (SSSR count). The molecule has 4 aromatic rings. The summed E-state index contributed by atoms with van der Waals surface area (Å²) in [6.45, 7) is -0.641. The van der Waals surface area contributed by atoms with Gasteiger partial charge in [-0.15, -0.1) is 0 Å². The van der Waals surface area contributed by atoms with Gasteiger partial charge >= 0.3 is 12.1 Å². The Hall–Kier alpha value is -4.73. The van der Waals surface area contributed by atoms with E-state index in [-0.39, 0.29) is 5.69 Å². The number of esters is 1. The van der Waals surface area contributed by atoms with Gasteiger partial charge in [-0.1, -0.05) is 18.2 Å². The number of benzene rings is 3. The van der Waals surface area contributed by atoms with Gasteiger partial charge in [-0.25, -0.2) is 13.9 Å². The first-order valence-corrected chi connectivity index (χ1v) is 10.9. The maximum Gasteiger partial charge on any atom is 0.416 e. The molecule has 1 N–H and O–H groups in total. The zero-order valence-electron chi connectivity index (χ0n) is 19.1. The molecule has 0 saturated heterocycles. The molecule has 37 heavy (non-hydrogen) atoms. The third kappa shape index (κ3) is 6.69. The van der Waals surface area contributed by atoms with Gasteiger partial charge in [0, 0.05) is 29.1 Å². The molecule has 0 bridgehead atoms. The number of nitrogens with one attached hydrogen (secondary N) is 1. The predicted octanol–water partition coefficient (Wildman–Crippen LogP) is 5.89. The number of alkyl halides is 3. The van der Waals surface area contributed by atoms with Crippen LogP contribution in [-0.2, 0) is 20.5 Å². The summed E-state index contributed by atoms with van der Waals surface area (Å²) in [6.07, 6.45) is -0.223. The number of carbonyl (C=O) groups is 2. The van der Waals surface area contributed by atoms with Gasteiger partial charge in [-0.05, 0) is 66.7 Å². The van der Waals surface area contributed by atoms with E-state index < -0.39 is 36.0 Å². The number of halogens is 4. The molecule has 1 aromatic heterocycles. The molecule has 0 atom stereocenters. The predicted molar refractivity (Wildman–Crippen MR) is 129 cm³/mol. The number of carbonyl (C=O) groups excluding carboxylic acids is 2. The first kappa shape index (κ1) is 25.4. The van der Waals surface area contributed by atoms with Crippen molar-refractivity contribution in [3.05, 3.63) is 108 Å². The molecule has 0 unspecified atom stereocenters. The molecular weight excluding hydrogens is 490 g/mol. The van der Waals surface area contributed by atoms with Crippen LogP contribution in [0, 0.1) is 5.82 Å². The first-order valence-electron chi connectivity index (χ1n) is 10.9. The highest BCUT2D eigenvalue weighted by atomic mass is 19.4. The lowest BCUT2D eigenvalue weighted by Gasteiger charge is -2.08. The lowest BCUT2D eigenvalue weighted by molar-refractivity contribution is -0.142. The van der Waals surface area contributed by atoms with Crippen molar-refractivity contribution in [3.63, 3.8) is 0 Å². The van der Waals surface area contributed by atoms with E-state index in [4.69, 9.17) is 4.74 Å². The van der Waals surface area contributed by atoms with E-state index in [0.29, 0.717) is 16.8 Å². The number of para-hydroxylation sites is 1. The largest absolute Gasteiger partial charge is 0.452 e. The molecule has 3 aromatic carbocycles. The van der Waals surface area contributed by atoms with E-state index in [0.717, 1.165) is 36.0 Å². The van der Waals surface area contributed by atoms with Gasteiger partial charge in [0.2, 0.25) is 0 Å². The summed E-state index contributed by atoms with van der Waals surface area (Å²) in [5.74, 6) is -1.94. The highest BCUT2D eigenvalue weighted by Gasteiger charge is 2.30. The molecule has 0 spiro atoms. The summed E-state index contributed by atoms with van der Waals surface area (Å²) in [6, 6.07) is 18.8. The van der Waals surface area contributed by atoms with Gasteiger partial charge in [0.15, 0.2) is 6.61 Å². The van der Waals surface area contributed by atoms with Crippen LogP contribution in [0.1, 0.15) is 11.1 Å². The van der Waals surface area contributed by atoms with Crippen molar-refractivity contribution < 1.29 is 31.9 Å². The van der Waals surface area contributed by atoms with Crippen molar-refractivity contribution in [1.29, 1.82) is 0 Å². The summed E-state index contributed by atoms with van der Waals surface area (Å²) in [7, 11) is 0. The Labute approximate surface area is 208 Å². The monoisotopic (exact) mass is 509 g/mol. The zero-order valence-corrected chi connectivity index (χ0v) is 19.1. The van der Waals surface area contributed by atoms with Gasteiger partial charge in [-0.3, -0.25) is 4.79 Å². The van der Waals surface area contributed by atoms with Crippen LogP contribution >= 0.6 is 0 Å². The minimum atomic E-state index is -4.49. The zero-order chi connectivity index (χ0) is 26.4. The average molecular weight is 509 g/mol. The quantitative estimate of drug-likeness (QED) is 0.192. The topological polar surface area (TPSA) is 73.2 Å². The van der Waals surface area contributed by atoms with Crippen molar-refractivity contribution in [2.75, 3.05) is 11.9 Å². The normalized spacial score (nSPS) is 11.5. The smallest absolute Gasteiger partial charge is 0.416 e. The summed E-state index contributed by atoms with van der Waals surface area (Å²) >= 11 is 0. The summed E-state index contributed by atoms with van der Waals surface area (Å²) < 4.78 is 57.9. The number of hydrogen-bond donors (Lipinski definition) is 1. The van der Waals surface area contributed by atoms with Crippen molar-refractivity contribution >= 4 is 23.6 Å². The maximum absolute atomic E-state index is 13.4. The fraction of sp³-hybridized carbons (Fsp3) is 0.0741. The Morgan fingerprint density at radius 3 is 2.27 bits per heavy atom. The molecule has 1 amide bonds. The summed E-state index contributed by atoms with van der Waals surface area (Å²) in [5, 5.41) is 6.91. The second-order valence-corrected chi connectivity index (χ2v) is 7.78. The lowest BCUT2D eigenvalue weighted by atomic mass is 10.1. The molecule has 0 saturated carbocycles. The Kier molecular flexibility index (Phi) is 7.47.